The second-order valence-corrected chi connectivity index (χ2v) is 6.29. The zero-order valence-electron chi connectivity index (χ0n) is 17.5. The number of nitrogens with zero attached hydrogens (tertiary/aromatic N) is 3. The first kappa shape index (κ1) is 22.2. The summed E-state index contributed by atoms with van der Waals surface area (Å²) in [5.41, 5.74) is 6.22. The first-order valence-electron chi connectivity index (χ1n) is 9.52. The molecule has 9 nitrogen and oxygen atoms in total. The van der Waals surface area contributed by atoms with Crippen molar-refractivity contribution in [1.29, 1.82) is 0 Å². The summed E-state index contributed by atoms with van der Waals surface area (Å²) in [6.07, 6.45) is 2.92. The van der Waals surface area contributed by atoms with Gasteiger partial charge in [0.2, 0.25) is 0 Å². The van der Waals surface area contributed by atoms with Gasteiger partial charge in [0.15, 0.2) is 0 Å². The Bertz CT molecular complexity index is 1070. The average molecular weight is 431 g/mol. The third kappa shape index (κ3) is 5.76. The van der Waals surface area contributed by atoms with Crippen molar-refractivity contribution in [3.8, 4) is 11.5 Å². The molecule has 2 N–H and O–H groups in total. The summed E-state index contributed by atoms with van der Waals surface area (Å²) in [4.78, 5) is 28.8. The van der Waals surface area contributed by atoms with E-state index in [0.29, 0.717) is 22.6 Å². The quantitative estimate of drug-likeness (QED) is 0.420. The van der Waals surface area contributed by atoms with Crippen molar-refractivity contribution < 1.29 is 19.1 Å². The van der Waals surface area contributed by atoms with Crippen molar-refractivity contribution in [2.45, 2.75) is 0 Å². The maximum absolute atomic E-state index is 12.3. The molecule has 9 heteroatoms. The normalized spacial score (nSPS) is 10.8. The summed E-state index contributed by atoms with van der Waals surface area (Å²) in [7, 11) is 3.10. The van der Waals surface area contributed by atoms with Crippen LogP contribution in [0.25, 0.3) is 0 Å². The van der Waals surface area contributed by atoms with Crippen molar-refractivity contribution in [3.05, 3.63) is 89.2 Å². The molecule has 0 saturated heterocycles. The first-order chi connectivity index (χ1) is 15.6. The van der Waals surface area contributed by atoms with Crippen molar-refractivity contribution in [1.82, 2.24) is 15.8 Å². The summed E-state index contributed by atoms with van der Waals surface area (Å²) >= 11 is 0. The Balaban J connectivity index is 1.62. The molecule has 1 heterocycles. The molecule has 0 fully saturated rings. The van der Waals surface area contributed by atoms with Gasteiger partial charge < -0.3 is 9.47 Å². The number of aromatic nitrogens is 1. The number of pyridine rings is 1. The highest BCUT2D eigenvalue weighted by Crippen LogP contribution is 2.15. The van der Waals surface area contributed by atoms with Crippen LogP contribution in [-0.2, 0) is 0 Å². The lowest BCUT2D eigenvalue weighted by Gasteiger charge is -2.05. The van der Waals surface area contributed by atoms with Gasteiger partial charge in [-0.15, -0.1) is 0 Å². The van der Waals surface area contributed by atoms with E-state index in [2.05, 4.69) is 26.0 Å². The van der Waals surface area contributed by atoms with Gasteiger partial charge >= 0.3 is 0 Å². The van der Waals surface area contributed by atoms with E-state index in [1.807, 2.05) is 24.3 Å². The molecule has 3 aromatic rings. The molecular weight excluding hydrogens is 410 g/mol. The van der Waals surface area contributed by atoms with Crippen molar-refractivity contribution >= 4 is 24.2 Å². The number of hydrogen-bond acceptors (Lipinski definition) is 7. The largest absolute Gasteiger partial charge is 0.496 e. The van der Waals surface area contributed by atoms with Crippen LogP contribution in [0.5, 0.6) is 11.5 Å². The summed E-state index contributed by atoms with van der Waals surface area (Å²) in [5, 5.41) is 7.84. The van der Waals surface area contributed by atoms with Gasteiger partial charge in [0.25, 0.3) is 11.8 Å². The highest BCUT2D eigenvalue weighted by Gasteiger charge is 2.11. The van der Waals surface area contributed by atoms with Crippen molar-refractivity contribution in [2.24, 2.45) is 10.2 Å². The number of carbonyl (C=O) groups is 2. The predicted molar refractivity (Wildman–Crippen MR) is 120 cm³/mol. The molecule has 0 unspecified atom stereocenters. The van der Waals surface area contributed by atoms with Crippen LogP contribution in [0, 0.1) is 0 Å². The van der Waals surface area contributed by atoms with Crippen molar-refractivity contribution in [3.63, 3.8) is 0 Å². The van der Waals surface area contributed by atoms with E-state index in [4.69, 9.17) is 9.47 Å². The van der Waals surface area contributed by atoms with E-state index in [0.717, 1.165) is 0 Å². The monoisotopic (exact) mass is 431 g/mol. The van der Waals surface area contributed by atoms with E-state index in [-0.39, 0.29) is 11.4 Å². The highest BCUT2D eigenvalue weighted by molar-refractivity contribution is 5.97. The standard InChI is InChI=1S/C23H21N5O4/c1-31-20-12-5-3-8-16(20)14-24-27-22(29)18-10-7-11-19(26-18)23(30)28-25-15-17-9-4-6-13-21(17)32-2/h3-15H,1-2H3,(H,27,29)(H,28,30)/b24-14-,25-15-. The SMILES string of the molecule is COc1ccccc1/C=N\NC(=O)c1cccc(C(=O)N/N=C\c2ccccc2OC)n1. The number of hydrogen-bond donors (Lipinski definition) is 2. The van der Waals surface area contributed by atoms with Crippen LogP contribution < -0.4 is 20.3 Å². The molecule has 0 aliphatic carbocycles. The Morgan fingerprint density at radius 2 is 1.16 bits per heavy atom. The van der Waals surface area contributed by atoms with Gasteiger partial charge in [0.1, 0.15) is 22.9 Å². The minimum absolute atomic E-state index is 0.0311. The lowest BCUT2D eigenvalue weighted by molar-refractivity contribution is 0.0945. The van der Waals surface area contributed by atoms with Crippen LogP contribution in [0.4, 0.5) is 0 Å². The molecule has 2 aromatic carbocycles. The minimum Gasteiger partial charge on any atom is -0.496 e. The number of hydrazone groups is 2. The summed E-state index contributed by atoms with van der Waals surface area (Å²) < 4.78 is 10.4. The summed E-state index contributed by atoms with van der Waals surface area (Å²) in [6.45, 7) is 0. The number of benzene rings is 2. The van der Waals surface area contributed by atoms with Crippen LogP contribution >= 0.6 is 0 Å². The molecule has 1 aromatic heterocycles. The van der Waals surface area contributed by atoms with Gasteiger partial charge in [-0.1, -0.05) is 30.3 Å². The van der Waals surface area contributed by atoms with Gasteiger partial charge in [-0.25, -0.2) is 15.8 Å². The topological polar surface area (TPSA) is 114 Å². The Hall–Kier alpha value is -4.53. The van der Waals surface area contributed by atoms with Gasteiger partial charge in [-0.3, -0.25) is 9.59 Å². The molecule has 0 spiro atoms. The first-order valence-corrected chi connectivity index (χ1v) is 9.52. The fraction of sp³-hybridized carbons (Fsp3) is 0.0870. The zero-order valence-corrected chi connectivity index (χ0v) is 17.5. The van der Waals surface area contributed by atoms with Crippen LogP contribution in [0.1, 0.15) is 32.1 Å². The molecular formula is C23H21N5O4. The van der Waals surface area contributed by atoms with Gasteiger partial charge in [-0.05, 0) is 36.4 Å². The van der Waals surface area contributed by atoms with E-state index < -0.39 is 11.8 Å². The molecule has 0 aliphatic rings. The Morgan fingerprint density at radius 1 is 0.719 bits per heavy atom. The fourth-order valence-corrected chi connectivity index (χ4v) is 2.67. The summed E-state index contributed by atoms with van der Waals surface area (Å²) in [6, 6.07) is 19.0. The molecule has 2 amide bonds. The molecule has 0 bridgehead atoms. The van der Waals surface area contributed by atoms with Crippen LogP contribution in [-0.4, -0.2) is 43.4 Å². The third-order valence-electron chi connectivity index (χ3n) is 4.23. The maximum Gasteiger partial charge on any atom is 0.289 e. The molecule has 0 saturated carbocycles. The van der Waals surface area contributed by atoms with Crippen LogP contribution in [0.2, 0.25) is 0 Å². The van der Waals surface area contributed by atoms with Crippen LogP contribution in [0.15, 0.2) is 76.9 Å². The number of rotatable bonds is 8. The fourth-order valence-electron chi connectivity index (χ4n) is 2.67. The molecule has 0 radical (unpaired) electrons. The number of nitrogens with one attached hydrogen (secondary N) is 2. The minimum atomic E-state index is -0.566. The number of para-hydroxylation sites is 2. The van der Waals surface area contributed by atoms with E-state index in [1.54, 1.807) is 44.6 Å². The Morgan fingerprint density at radius 3 is 1.59 bits per heavy atom. The van der Waals surface area contributed by atoms with Gasteiger partial charge in [-0.2, -0.15) is 10.2 Å². The predicted octanol–water partition coefficient (Wildman–Crippen LogP) is 2.63. The maximum atomic E-state index is 12.3. The van der Waals surface area contributed by atoms with Crippen molar-refractivity contribution in [2.75, 3.05) is 14.2 Å². The molecule has 0 atom stereocenters. The number of ether oxygens (including phenoxy) is 2. The lowest BCUT2D eigenvalue weighted by Crippen LogP contribution is -2.23. The second kappa shape index (κ2) is 11.0. The molecule has 32 heavy (non-hydrogen) atoms. The second-order valence-electron chi connectivity index (χ2n) is 6.29. The van der Waals surface area contributed by atoms with E-state index >= 15 is 0 Å². The smallest absolute Gasteiger partial charge is 0.289 e. The molecule has 3 rings (SSSR count). The number of amides is 2. The molecule has 162 valence electrons. The van der Waals surface area contributed by atoms with E-state index in [1.165, 1.54) is 24.6 Å². The lowest BCUT2D eigenvalue weighted by atomic mass is 10.2. The van der Waals surface area contributed by atoms with E-state index in [9.17, 15) is 9.59 Å². The van der Waals surface area contributed by atoms with Gasteiger partial charge in [0, 0.05) is 11.1 Å². The van der Waals surface area contributed by atoms with Gasteiger partial charge in [0.05, 0.1) is 26.6 Å². The average Bonchev–Trinajstić information content (AvgIpc) is 2.84. The third-order valence-corrected chi connectivity index (χ3v) is 4.23. The Kier molecular flexibility index (Phi) is 7.63. The molecule has 0 aliphatic heterocycles. The van der Waals surface area contributed by atoms with Crippen LogP contribution in [0.3, 0.4) is 0 Å². The Labute approximate surface area is 184 Å². The highest BCUT2D eigenvalue weighted by atomic mass is 16.5. The number of carbonyl (C=O) groups excluding carboxylic acids is 2. The number of methoxy groups -OCH3 is 2. The zero-order chi connectivity index (χ0) is 22.8. The summed E-state index contributed by atoms with van der Waals surface area (Å²) in [5.74, 6) is 0.110.